The van der Waals surface area contributed by atoms with Crippen LogP contribution in [0.25, 0.3) is 0 Å². The maximum absolute atomic E-state index is 13.6. The van der Waals surface area contributed by atoms with Crippen molar-refractivity contribution in [2.45, 2.75) is 6.92 Å². The molecule has 1 amide bonds. The maximum atomic E-state index is 13.6. The molecule has 0 fully saturated rings. The number of aryl methyl sites for hydroxylation is 1. The number of anilines is 1. The van der Waals surface area contributed by atoms with Crippen molar-refractivity contribution in [2.75, 3.05) is 5.32 Å². The van der Waals surface area contributed by atoms with Crippen LogP contribution in [-0.2, 0) is 0 Å². The summed E-state index contributed by atoms with van der Waals surface area (Å²) in [5.41, 5.74) is 1.38. The zero-order chi connectivity index (χ0) is 14.0. The molecule has 0 atom stereocenters. The summed E-state index contributed by atoms with van der Waals surface area (Å²) in [5.74, 6) is -0.882. The van der Waals surface area contributed by atoms with E-state index in [9.17, 15) is 9.18 Å². The Labute approximate surface area is 123 Å². The van der Waals surface area contributed by atoms with Gasteiger partial charge >= 0.3 is 0 Å². The van der Waals surface area contributed by atoms with E-state index in [2.05, 4.69) is 21.2 Å². The van der Waals surface area contributed by atoms with Gasteiger partial charge in [-0.15, -0.1) is 0 Å². The maximum Gasteiger partial charge on any atom is 0.255 e. The molecule has 2 nitrogen and oxygen atoms in total. The largest absolute Gasteiger partial charge is 0.319 e. The number of benzene rings is 2. The standard InChI is InChI=1S/C14H10BrClFNO/c1-8-2-3-12(17)13(4-8)18-14(19)9-5-10(15)7-11(16)6-9/h2-7H,1H3,(H,18,19). The number of carbonyl (C=O) groups is 1. The van der Waals surface area contributed by atoms with Gasteiger partial charge in [0.25, 0.3) is 5.91 Å². The fraction of sp³-hybridized carbons (Fsp3) is 0.0714. The van der Waals surface area contributed by atoms with Gasteiger partial charge in [0.05, 0.1) is 5.69 Å². The third kappa shape index (κ3) is 3.55. The molecule has 0 aromatic heterocycles. The molecule has 19 heavy (non-hydrogen) atoms. The fourth-order valence-corrected chi connectivity index (χ4v) is 2.47. The lowest BCUT2D eigenvalue weighted by atomic mass is 10.2. The van der Waals surface area contributed by atoms with E-state index in [-0.39, 0.29) is 5.69 Å². The molecule has 0 radical (unpaired) electrons. The van der Waals surface area contributed by atoms with Gasteiger partial charge in [-0.25, -0.2) is 4.39 Å². The first kappa shape index (κ1) is 14.0. The topological polar surface area (TPSA) is 29.1 Å². The molecule has 0 saturated carbocycles. The Kier molecular flexibility index (Phi) is 4.22. The summed E-state index contributed by atoms with van der Waals surface area (Å²) in [6, 6.07) is 9.35. The molecular formula is C14H10BrClFNO. The van der Waals surface area contributed by atoms with Gasteiger partial charge < -0.3 is 5.32 Å². The highest BCUT2D eigenvalue weighted by molar-refractivity contribution is 9.10. The molecule has 0 heterocycles. The lowest BCUT2D eigenvalue weighted by molar-refractivity contribution is 0.102. The highest BCUT2D eigenvalue weighted by Crippen LogP contribution is 2.21. The fourth-order valence-electron chi connectivity index (χ4n) is 1.61. The summed E-state index contributed by atoms with van der Waals surface area (Å²) in [6.45, 7) is 1.82. The number of halogens is 3. The Morgan fingerprint density at radius 2 is 2.00 bits per heavy atom. The van der Waals surface area contributed by atoms with Gasteiger partial charge in [-0.05, 0) is 42.8 Å². The van der Waals surface area contributed by atoms with Gasteiger partial charge in [0, 0.05) is 15.1 Å². The van der Waals surface area contributed by atoms with E-state index in [1.807, 2.05) is 6.92 Å². The third-order valence-corrected chi connectivity index (χ3v) is 3.17. The van der Waals surface area contributed by atoms with E-state index in [0.717, 1.165) is 5.56 Å². The summed E-state index contributed by atoms with van der Waals surface area (Å²) < 4.78 is 14.2. The van der Waals surface area contributed by atoms with Gasteiger partial charge in [0.15, 0.2) is 0 Å². The molecular weight excluding hydrogens is 333 g/mol. The summed E-state index contributed by atoms with van der Waals surface area (Å²) in [7, 11) is 0. The normalized spacial score (nSPS) is 10.3. The van der Waals surface area contributed by atoms with Gasteiger partial charge in [-0.1, -0.05) is 33.6 Å². The summed E-state index contributed by atoms with van der Waals surface area (Å²) in [6.07, 6.45) is 0. The van der Waals surface area contributed by atoms with Gasteiger partial charge in [-0.2, -0.15) is 0 Å². The summed E-state index contributed by atoms with van der Waals surface area (Å²) in [4.78, 5) is 12.0. The van der Waals surface area contributed by atoms with Crippen LogP contribution in [0.2, 0.25) is 5.02 Å². The van der Waals surface area contributed by atoms with Crippen molar-refractivity contribution in [3.05, 3.63) is 62.8 Å². The van der Waals surface area contributed by atoms with E-state index in [0.29, 0.717) is 15.1 Å². The third-order valence-electron chi connectivity index (χ3n) is 2.49. The number of nitrogens with one attached hydrogen (secondary N) is 1. The van der Waals surface area contributed by atoms with E-state index < -0.39 is 11.7 Å². The Hall–Kier alpha value is -1.39. The SMILES string of the molecule is Cc1ccc(F)c(NC(=O)c2cc(Cl)cc(Br)c2)c1. The quantitative estimate of drug-likeness (QED) is 0.834. The van der Waals surface area contributed by atoms with E-state index in [4.69, 9.17) is 11.6 Å². The zero-order valence-electron chi connectivity index (χ0n) is 10.0. The van der Waals surface area contributed by atoms with Crippen molar-refractivity contribution in [3.63, 3.8) is 0 Å². The Morgan fingerprint density at radius 1 is 1.26 bits per heavy atom. The van der Waals surface area contributed by atoms with Crippen molar-refractivity contribution < 1.29 is 9.18 Å². The molecule has 0 spiro atoms. The zero-order valence-corrected chi connectivity index (χ0v) is 12.3. The molecule has 0 aliphatic rings. The van der Waals surface area contributed by atoms with E-state index >= 15 is 0 Å². The molecule has 0 aliphatic carbocycles. The first-order valence-electron chi connectivity index (χ1n) is 5.49. The van der Waals surface area contributed by atoms with Crippen molar-refractivity contribution in [2.24, 2.45) is 0 Å². The number of carbonyl (C=O) groups excluding carboxylic acids is 1. The number of hydrogen-bond donors (Lipinski definition) is 1. The van der Waals surface area contributed by atoms with Crippen LogP contribution in [0.1, 0.15) is 15.9 Å². The second-order valence-electron chi connectivity index (χ2n) is 4.10. The van der Waals surface area contributed by atoms with E-state index in [1.165, 1.54) is 12.1 Å². The second kappa shape index (κ2) is 5.72. The van der Waals surface area contributed by atoms with E-state index in [1.54, 1.807) is 24.3 Å². The average Bonchev–Trinajstić information content (AvgIpc) is 2.32. The van der Waals surface area contributed by atoms with Crippen LogP contribution < -0.4 is 5.32 Å². The molecule has 5 heteroatoms. The number of rotatable bonds is 2. The van der Waals surface area contributed by atoms with Gasteiger partial charge in [-0.3, -0.25) is 4.79 Å². The summed E-state index contributed by atoms with van der Waals surface area (Å²) >= 11 is 9.12. The van der Waals surface area contributed by atoms with Crippen LogP contribution in [0, 0.1) is 12.7 Å². The molecule has 2 rings (SSSR count). The first-order chi connectivity index (χ1) is 8.95. The predicted molar refractivity (Wildman–Crippen MR) is 78.2 cm³/mol. The molecule has 1 N–H and O–H groups in total. The predicted octanol–water partition coefficient (Wildman–Crippen LogP) is 4.80. The minimum absolute atomic E-state index is 0.154. The lowest BCUT2D eigenvalue weighted by Crippen LogP contribution is -2.13. The van der Waals surface area contributed by atoms with Crippen molar-refractivity contribution in [1.29, 1.82) is 0 Å². The minimum atomic E-state index is -0.472. The van der Waals surface area contributed by atoms with Crippen LogP contribution in [-0.4, -0.2) is 5.91 Å². The molecule has 2 aromatic rings. The number of amides is 1. The molecule has 2 aromatic carbocycles. The number of hydrogen-bond acceptors (Lipinski definition) is 1. The molecule has 0 bridgehead atoms. The van der Waals surface area contributed by atoms with Gasteiger partial charge in [0.2, 0.25) is 0 Å². The highest BCUT2D eigenvalue weighted by atomic mass is 79.9. The van der Waals surface area contributed by atoms with Gasteiger partial charge in [0.1, 0.15) is 5.82 Å². The Morgan fingerprint density at radius 3 is 2.68 bits per heavy atom. The highest BCUT2D eigenvalue weighted by Gasteiger charge is 2.11. The second-order valence-corrected chi connectivity index (χ2v) is 5.45. The molecule has 0 unspecified atom stereocenters. The van der Waals surface area contributed by atoms with Crippen molar-refractivity contribution in [3.8, 4) is 0 Å². The Bertz CT molecular complexity index is 625. The van der Waals surface area contributed by atoms with Crippen LogP contribution in [0.5, 0.6) is 0 Å². The smallest absolute Gasteiger partial charge is 0.255 e. The average molecular weight is 343 g/mol. The van der Waals surface area contributed by atoms with Crippen molar-refractivity contribution in [1.82, 2.24) is 0 Å². The molecule has 0 saturated heterocycles. The lowest BCUT2D eigenvalue weighted by Gasteiger charge is -2.08. The van der Waals surface area contributed by atoms with Crippen LogP contribution in [0.3, 0.4) is 0 Å². The van der Waals surface area contributed by atoms with Crippen molar-refractivity contribution >= 4 is 39.1 Å². The monoisotopic (exact) mass is 341 g/mol. The molecule has 0 aliphatic heterocycles. The minimum Gasteiger partial charge on any atom is -0.319 e. The van der Waals surface area contributed by atoms with Crippen LogP contribution in [0.4, 0.5) is 10.1 Å². The first-order valence-corrected chi connectivity index (χ1v) is 6.66. The Balaban J connectivity index is 2.28. The summed E-state index contributed by atoms with van der Waals surface area (Å²) in [5, 5.41) is 2.96. The van der Waals surface area contributed by atoms with Crippen LogP contribution >= 0.6 is 27.5 Å². The van der Waals surface area contributed by atoms with Crippen LogP contribution in [0.15, 0.2) is 40.9 Å². The molecule has 98 valence electrons.